The Labute approximate surface area is 152 Å². The number of rotatable bonds is 6. The van der Waals surface area contributed by atoms with Gasteiger partial charge in [0.05, 0.1) is 10.6 Å². The zero-order chi connectivity index (χ0) is 17.8. The molecule has 0 bridgehead atoms. The maximum absolute atomic E-state index is 12.4. The summed E-state index contributed by atoms with van der Waals surface area (Å²) in [7, 11) is 1.87. The van der Waals surface area contributed by atoms with Crippen molar-refractivity contribution in [2.75, 3.05) is 37.3 Å². The minimum Gasteiger partial charge on any atom is -0.368 e. The van der Waals surface area contributed by atoms with Gasteiger partial charge in [-0.05, 0) is 24.8 Å². The molecule has 7 heteroatoms. The maximum Gasteiger partial charge on any atom is 0.271 e. The summed E-state index contributed by atoms with van der Waals surface area (Å²) in [6.07, 6.45) is 5.53. The molecule has 2 aliphatic rings. The molecule has 0 saturated heterocycles. The van der Waals surface area contributed by atoms with Crippen LogP contribution >= 0.6 is 11.8 Å². The lowest BCUT2D eigenvalue weighted by Crippen LogP contribution is -2.39. The Hall–Kier alpha value is -1.76. The maximum atomic E-state index is 12.4. The van der Waals surface area contributed by atoms with Crippen LogP contribution in [0, 0.1) is 16.0 Å². The van der Waals surface area contributed by atoms with Crippen LogP contribution in [0.4, 0.5) is 11.4 Å². The topological polar surface area (TPSA) is 66.7 Å². The second kappa shape index (κ2) is 8.08. The normalized spacial score (nSPS) is 17.4. The van der Waals surface area contributed by atoms with E-state index in [4.69, 9.17) is 0 Å². The average molecular weight is 363 g/mol. The third-order valence-electron chi connectivity index (χ3n) is 5.18. The first-order valence-corrected chi connectivity index (χ1v) is 9.93. The third kappa shape index (κ3) is 4.45. The summed E-state index contributed by atoms with van der Waals surface area (Å²) in [6, 6.07) is 5.05. The molecule has 25 heavy (non-hydrogen) atoms. The van der Waals surface area contributed by atoms with Gasteiger partial charge in [0, 0.05) is 55.9 Å². The summed E-state index contributed by atoms with van der Waals surface area (Å²) < 4.78 is 0. The summed E-state index contributed by atoms with van der Waals surface area (Å²) in [4.78, 5) is 28.1. The fourth-order valence-corrected chi connectivity index (χ4v) is 4.65. The Kier molecular flexibility index (Phi) is 5.83. The molecule has 1 aliphatic heterocycles. The molecule has 3 rings (SSSR count). The Bertz CT molecular complexity index is 646. The molecule has 1 fully saturated rings. The molecule has 0 radical (unpaired) electrons. The lowest BCUT2D eigenvalue weighted by atomic mass is 10.0. The van der Waals surface area contributed by atoms with Crippen LogP contribution in [0.1, 0.15) is 32.1 Å². The number of anilines is 1. The van der Waals surface area contributed by atoms with Gasteiger partial charge in [-0.25, -0.2) is 0 Å². The number of hydrogen-bond acceptors (Lipinski definition) is 5. The number of hydrogen-bond donors (Lipinski definition) is 0. The number of nitro benzene ring substituents is 1. The molecular weight excluding hydrogens is 338 g/mol. The van der Waals surface area contributed by atoms with E-state index in [1.165, 1.54) is 25.7 Å². The smallest absolute Gasteiger partial charge is 0.271 e. The monoisotopic (exact) mass is 363 g/mol. The lowest BCUT2D eigenvalue weighted by molar-refractivity contribution is -0.384. The highest BCUT2D eigenvalue weighted by Crippen LogP contribution is 2.37. The summed E-state index contributed by atoms with van der Waals surface area (Å²) in [6.45, 7) is 2.21. The molecule has 1 amide bonds. The molecule has 0 N–H and O–H groups in total. The molecule has 1 heterocycles. The van der Waals surface area contributed by atoms with E-state index in [9.17, 15) is 14.9 Å². The van der Waals surface area contributed by atoms with Crippen molar-refractivity contribution >= 4 is 29.0 Å². The Morgan fingerprint density at radius 3 is 2.88 bits per heavy atom. The summed E-state index contributed by atoms with van der Waals surface area (Å²) in [5, 5.41) is 11.0. The van der Waals surface area contributed by atoms with Gasteiger partial charge in [0.15, 0.2) is 0 Å². The van der Waals surface area contributed by atoms with E-state index in [-0.39, 0.29) is 16.5 Å². The van der Waals surface area contributed by atoms with E-state index >= 15 is 0 Å². The summed E-state index contributed by atoms with van der Waals surface area (Å²) >= 11 is 1.73. The first-order chi connectivity index (χ1) is 12.0. The van der Waals surface area contributed by atoms with Crippen molar-refractivity contribution < 1.29 is 9.72 Å². The van der Waals surface area contributed by atoms with Crippen LogP contribution in [0.3, 0.4) is 0 Å². The van der Waals surface area contributed by atoms with E-state index in [1.54, 1.807) is 23.9 Å². The highest BCUT2D eigenvalue weighted by Gasteiger charge is 2.23. The predicted molar refractivity (Wildman–Crippen MR) is 100 cm³/mol. The summed E-state index contributed by atoms with van der Waals surface area (Å²) in [5.41, 5.74) is 1.04. The number of amides is 1. The van der Waals surface area contributed by atoms with E-state index in [0.717, 1.165) is 22.9 Å². The van der Waals surface area contributed by atoms with E-state index in [0.29, 0.717) is 25.4 Å². The molecule has 0 aromatic heterocycles. The van der Waals surface area contributed by atoms with Crippen molar-refractivity contribution in [3.05, 3.63) is 28.3 Å². The quantitative estimate of drug-likeness (QED) is 0.571. The molecule has 6 nitrogen and oxygen atoms in total. The molecule has 136 valence electrons. The standard InChI is InChI=1S/C18H25N3O3S/c1-19(18(22)12-14-4-2-3-5-14)8-9-20-10-11-25-17-7-6-15(21(23)24)13-16(17)20/h6-7,13-14H,2-5,8-12H2,1H3. The van der Waals surface area contributed by atoms with E-state index in [2.05, 4.69) is 4.90 Å². The fraction of sp³-hybridized carbons (Fsp3) is 0.611. The van der Waals surface area contributed by atoms with Gasteiger partial charge >= 0.3 is 0 Å². The number of carbonyl (C=O) groups excluding carboxylic acids is 1. The van der Waals surface area contributed by atoms with Gasteiger partial charge in [-0.15, -0.1) is 11.8 Å². The van der Waals surface area contributed by atoms with Gasteiger partial charge in [-0.1, -0.05) is 12.8 Å². The van der Waals surface area contributed by atoms with Crippen molar-refractivity contribution in [1.29, 1.82) is 0 Å². The van der Waals surface area contributed by atoms with E-state index < -0.39 is 0 Å². The largest absolute Gasteiger partial charge is 0.368 e. The van der Waals surface area contributed by atoms with Gasteiger partial charge in [0.25, 0.3) is 5.69 Å². The van der Waals surface area contributed by atoms with Gasteiger partial charge in [0.2, 0.25) is 5.91 Å². The van der Waals surface area contributed by atoms with Crippen LogP contribution in [0.2, 0.25) is 0 Å². The highest BCUT2D eigenvalue weighted by molar-refractivity contribution is 7.99. The lowest BCUT2D eigenvalue weighted by Gasteiger charge is -2.32. The molecule has 1 aromatic rings. The van der Waals surface area contributed by atoms with Crippen molar-refractivity contribution in [3.63, 3.8) is 0 Å². The van der Waals surface area contributed by atoms with Crippen molar-refractivity contribution in [3.8, 4) is 0 Å². The molecule has 0 atom stereocenters. The van der Waals surface area contributed by atoms with Crippen LogP contribution in [-0.4, -0.2) is 48.2 Å². The first-order valence-electron chi connectivity index (χ1n) is 8.95. The van der Waals surface area contributed by atoms with E-state index in [1.807, 2.05) is 18.0 Å². The number of non-ortho nitro benzene ring substituents is 1. The second-order valence-electron chi connectivity index (χ2n) is 6.91. The van der Waals surface area contributed by atoms with Crippen LogP contribution < -0.4 is 4.90 Å². The zero-order valence-electron chi connectivity index (χ0n) is 14.6. The molecule has 1 aliphatic carbocycles. The van der Waals surface area contributed by atoms with Crippen LogP contribution in [0.15, 0.2) is 23.1 Å². The minimum atomic E-state index is -0.352. The Balaban J connectivity index is 1.59. The SMILES string of the molecule is CN(CCN1CCSc2ccc([N+](=O)[O-])cc21)C(=O)CC1CCCC1. The van der Waals surface area contributed by atoms with Crippen molar-refractivity contribution in [1.82, 2.24) is 4.90 Å². The second-order valence-corrected chi connectivity index (χ2v) is 8.05. The first kappa shape index (κ1) is 18.0. The summed E-state index contributed by atoms with van der Waals surface area (Å²) in [5.74, 6) is 1.74. The number of nitro groups is 1. The van der Waals surface area contributed by atoms with Gasteiger partial charge in [-0.2, -0.15) is 0 Å². The van der Waals surface area contributed by atoms with Gasteiger partial charge in [0.1, 0.15) is 0 Å². The molecular formula is C18H25N3O3S. The minimum absolute atomic E-state index is 0.122. The van der Waals surface area contributed by atoms with Crippen LogP contribution in [0.5, 0.6) is 0 Å². The van der Waals surface area contributed by atoms with Crippen molar-refractivity contribution in [2.45, 2.75) is 37.0 Å². The Morgan fingerprint density at radius 2 is 2.16 bits per heavy atom. The van der Waals surface area contributed by atoms with Crippen LogP contribution in [-0.2, 0) is 4.79 Å². The van der Waals surface area contributed by atoms with Gasteiger partial charge < -0.3 is 9.80 Å². The number of likely N-dealkylation sites (N-methyl/N-ethyl adjacent to an activating group) is 1. The molecule has 0 spiro atoms. The average Bonchev–Trinajstić information content (AvgIpc) is 3.11. The number of carbonyl (C=O) groups is 1. The number of nitrogens with zero attached hydrogens (tertiary/aromatic N) is 3. The highest BCUT2D eigenvalue weighted by atomic mass is 32.2. The molecule has 0 unspecified atom stereocenters. The van der Waals surface area contributed by atoms with Crippen LogP contribution in [0.25, 0.3) is 0 Å². The molecule has 1 saturated carbocycles. The molecule has 1 aromatic carbocycles. The van der Waals surface area contributed by atoms with Crippen molar-refractivity contribution in [2.24, 2.45) is 5.92 Å². The number of benzene rings is 1. The fourth-order valence-electron chi connectivity index (χ4n) is 3.62. The zero-order valence-corrected chi connectivity index (χ0v) is 15.5. The number of fused-ring (bicyclic) bond motifs is 1. The Morgan fingerprint density at radius 1 is 1.40 bits per heavy atom. The predicted octanol–water partition coefficient (Wildman–Crippen LogP) is 3.55. The van der Waals surface area contributed by atoms with Gasteiger partial charge in [-0.3, -0.25) is 14.9 Å². The number of thioether (sulfide) groups is 1. The third-order valence-corrected chi connectivity index (χ3v) is 6.22.